The van der Waals surface area contributed by atoms with E-state index < -0.39 is 0 Å². The molecule has 0 bridgehead atoms. The molecule has 0 aliphatic heterocycles. The van der Waals surface area contributed by atoms with Crippen molar-refractivity contribution in [2.45, 2.75) is 5.16 Å². The highest BCUT2D eigenvalue weighted by Crippen LogP contribution is 2.30. The first-order chi connectivity index (χ1) is 17.1. The number of amides is 1. The fourth-order valence-corrected chi connectivity index (χ4v) is 4.32. The maximum absolute atomic E-state index is 12.5. The number of para-hydroxylation sites is 2. The van der Waals surface area contributed by atoms with Crippen LogP contribution in [0.5, 0.6) is 11.5 Å². The number of carbonyl (C=O) groups excluding carboxylic acids is 1. The van der Waals surface area contributed by atoms with Crippen LogP contribution in [0.3, 0.4) is 0 Å². The fourth-order valence-electron chi connectivity index (χ4n) is 3.31. The Bertz CT molecular complexity index is 1330. The number of carbonyl (C=O) groups is 1. The van der Waals surface area contributed by atoms with Crippen LogP contribution in [0.4, 0.5) is 0 Å². The van der Waals surface area contributed by atoms with Gasteiger partial charge >= 0.3 is 0 Å². The predicted molar refractivity (Wildman–Crippen MR) is 141 cm³/mol. The highest BCUT2D eigenvalue weighted by Gasteiger charge is 2.17. The lowest BCUT2D eigenvalue weighted by atomic mass is 10.2. The zero-order valence-corrected chi connectivity index (χ0v) is 21.4. The second-order valence-corrected chi connectivity index (χ2v) is 9.01. The van der Waals surface area contributed by atoms with Crippen molar-refractivity contribution >= 4 is 39.8 Å². The van der Waals surface area contributed by atoms with E-state index in [9.17, 15) is 4.79 Å². The summed E-state index contributed by atoms with van der Waals surface area (Å²) < 4.78 is 13.6. The quantitative estimate of drug-likeness (QED) is 0.180. The average molecular weight is 552 g/mol. The maximum atomic E-state index is 12.5. The van der Waals surface area contributed by atoms with Crippen LogP contribution in [0.1, 0.15) is 5.56 Å². The molecule has 8 nitrogen and oxygen atoms in total. The minimum atomic E-state index is -0.277. The number of hydrogen-bond donors (Lipinski definition) is 1. The lowest BCUT2D eigenvalue weighted by Gasteiger charge is -2.10. The van der Waals surface area contributed by atoms with Gasteiger partial charge in [-0.25, -0.2) is 5.43 Å². The van der Waals surface area contributed by atoms with E-state index in [1.807, 2.05) is 71.3 Å². The Hall–Kier alpha value is -3.63. The summed E-state index contributed by atoms with van der Waals surface area (Å²) in [5, 5.41) is 13.4. The van der Waals surface area contributed by atoms with Crippen molar-refractivity contribution in [3.05, 3.63) is 82.8 Å². The summed E-state index contributed by atoms with van der Waals surface area (Å²) in [7, 11) is 3.12. The summed E-state index contributed by atoms with van der Waals surface area (Å²) in [6, 6.07) is 23.1. The van der Waals surface area contributed by atoms with Crippen molar-refractivity contribution in [3.63, 3.8) is 0 Å². The van der Waals surface area contributed by atoms with E-state index in [0.29, 0.717) is 28.0 Å². The van der Waals surface area contributed by atoms with Gasteiger partial charge in [-0.1, -0.05) is 64.1 Å². The third kappa shape index (κ3) is 5.90. The molecule has 1 amide bonds. The van der Waals surface area contributed by atoms with E-state index in [2.05, 4.69) is 36.7 Å². The van der Waals surface area contributed by atoms with E-state index in [4.69, 9.17) is 9.47 Å². The number of hydrazone groups is 1. The van der Waals surface area contributed by atoms with E-state index in [1.54, 1.807) is 20.3 Å². The molecule has 3 aromatic carbocycles. The molecule has 1 heterocycles. The molecule has 10 heteroatoms. The largest absolute Gasteiger partial charge is 0.493 e. The van der Waals surface area contributed by atoms with Crippen molar-refractivity contribution in [1.82, 2.24) is 20.2 Å². The lowest BCUT2D eigenvalue weighted by molar-refractivity contribution is -0.118. The van der Waals surface area contributed by atoms with Crippen molar-refractivity contribution in [2.24, 2.45) is 5.10 Å². The van der Waals surface area contributed by atoms with Gasteiger partial charge < -0.3 is 9.47 Å². The van der Waals surface area contributed by atoms with Gasteiger partial charge in [0.05, 0.1) is 26.2 Å². The first-order valence-electron chi connectivity index (χ1n) is 10.5. The van der Waals surface area contributed by atoms with Crippen LogP contribution in [0.2, 0.25) is 0 Å². The first kappa shape index (κ1) is 24.5. The predicted octanol–water partition coefficient (Wildman–Crippen LogP) is 4.96. The highest BCUT2D eigenvalue weighted by atomic mass is 79.9. The van der Waals surface area contributed by atoms with Crippen LogP contribution in [0.25, 0.3) is 17.1 Å². The number of halogens is 1. The summed E-state index contributed by atoms with van der Waals surface area (Å²) in [6.45, 7) is 0. The van der Waals surface area contributed by atoms with Gasteiger partial charge in [0, 0.05) is 21.3 Å². The second kappa shape index (κ2) is 11.7. The number of nitrogens with one attached hydrogen (secondary N) is 1. The second-order valence-electron chi connectivity index (χ2n) is 7.15. The number of thioether (sulfide) groups is 1. The molecular weight excluding hydrogens is 530 g/mol. The molecule has 0 atom stereocenters. The van der Waals surface area contributed by atoms with E-state index in [0.717, 1.165) is 15.7 Å². The normalized spacial score (nSPS) is 10.9. The van der Waals surface area contributed by atoms with Gasteiger partial charge in [0.15, 0.2) is 22.5 Å². The Morgan fingerprint density at radius 3 is 2.51 bits per heavy atom. The van der Waals surface area contributed by atoms with Gasteiger partial charge in [0.25, 0.3) is 5.91 Å². The number of benzene rings is 3. The number of methoxy groups -OCH3 is 2. The van der Waals surface area contributed by atoms with E-state index in [-0.39, 0.29) is 11.7 Å². The molecule has 0 spiro atoms. The molecule has 0 aliphatic rings. The van der Waals surface area contributed by atoms with Crippen molar-refractivity contribution in [1.29, 1.82) is 0 Å². The standard InChI is InChI=1S/C25H22BrN5O3S/c1-33-21-10-6-7-18(23(21)34-2)15-27-28-22(32)16-35-25-30-29-24(17-11-13-19(26)14-12-17)31(25)20-8-4-3-5-9-20/h3-15H,16H2,1-2H3,(H,28,32). The Kier molecular flexibility index (Phi) is 8.17. The van der Waals surface area contributed by atoms with Gasteiger partial charge in [-0.05, 0) is 36.4 Å². The average Bonchev–Trinajstić information content (AvgIpc) is 3.32. The molecule has 1 N–H and O–H groups in total. The summed E-state index contributed by atoms with van der Waals surface area (Å²) >= 11 is 4.74. The van der Waals surface area contributed by atoms with Crippen LogP contribution in [-0.4, -0.2) is 46.9 Å². The monoisotopic (exact) mass is 551 g/mol. The van der Waals surface area contributed by atoms with Crippen molar-refractivity contribution < 1.29 is 14.3 Å². The number of ether oxygens (including phenoxy) is 2. The Labute approximate surface area is 215 Å². The Morgan fingerprint density at radius 1 is 1.03 bits per heavy atom. The van der Waals surface area contributed by atoms with Gasteiger partial charge in [-0.2, -0.15) is 5.10 Å². The third-order valence-corrected chi connectivity index (χ3v) is 6.37. The van der Waals surface area contributed by atoms with Gasteiger partial charge in [0.1, 0.15) is 0 Å². The lowest BCUT2D eigenvalue weighted by Crippen LogP contribution is -2.20. The molecule has 0 aliphatic carbocycles. The number of nitrogens with zero attached hydrogens (tertiary/aromatic N) is 4. The van der Waals surface area contributed by atoms with Gasteiger partial charge in [0.2, 0.25) is 0 Å². The van der Waals surface area contributed by atoms with Crippen LogP contribution in [-0.2, 0) is 4.79 Å². The zero-order chi connectivity index (χ0) is 24.6. The summed E-state index contributed by atoms with van der Waals surface area (Å²) in [6.07, 6.45) is 1.52. The van der Waals surface area contributed by atoms with Crippen LogP contribution >= 0.6 is 27.7 Å². The first-order valence-corrected chi connectivity index (χ1v) is 12.3. The number of hydrogen-bond acceptors (Lipinski definition) is 7. The SMILES string of the molecule is COc1cccc(C=NNC(=O)CSc2nnc(-c3ccc(Br)cc3)n2-c2ccccc2)c1OC. The summed E-state index contributed by atoms with van der Waals surface area (Å²) in [4.78, 5) is 12.5. The van der Waals surface area contributed by atoms with Crippen LogP contribution in [0.15, 0.2) is 87.5 Å². The molecule has 4 aromatic rings. The molecule has 0 fully saturated rings. The Balaban J connectivity index is 1.49. The Morgan fingerprint density at radius 2 is 1.80 bits per heavy atom. The minimum Gasteiger partial charge on any atom is -0.493 e. The van der Waals surface area contributed by atoms with Crippen LogP contribution < -0.4 is 14.9 Å². The topological polar surface area (TPSA) is 90.6 Å². The summed E-state index contributed by atoms with van der Waals surface area (Å²) in [5.41, 5.74) is 5.05. The van der Waals surface area contributed by atoms with E-state index in [1.165, 1.54) is 18.0 Å². The smallest absolute Gasteiger partial charge is 0.250 e. The molecule has 35 heavy (non-hydrogen) atoms. The fraction of sp³-hybridized carbons (Fsp3) is 0.120. The van der Waals surface area contributed by atoms with Gasteiger partial charge in [-0.15, -0.1) is 10.2 Å². The maximum Gasteiger partial charge on any atom is 0.250 e. The van der Waals surface area contributed by atoms with Gasteiger partial charge in [-0.3, -0.25) is 9.36 Å². The molecule has 0 saturated carbocycles. The number of rotatable bonds is 9. The number of aromatic nitrogens is 3. The summed E-state index contributed by atoms with van der Waals surface area (Å²) in [5.74, 6) is 1.65. The molecule has 4 rings (SSSR count). The molecule has 0 saturated heterocycles. The molecule has 0 unspecified atom stereocenters. The van der Waals surface area contributed by atoms with Crippen molar-refractivity contribution in [2.75, 3.05) is 20.0 Å². The molecular formula is C25H22BrN5O3S. The van der Waals surface area contributed by atoms with Crippen molar-refractivity contribution in [3.8, 4) is 28.6 Å². The van der Waals surface area contributed by atoms with E-state index >= 15 is 0 Å². The molecule has 178 valence electrons. The highest BCUT2D eigenvalue weighted by molar-refractivity contribution is 9.10. The molecule has 1 aromatic heterocycles. The molecule has 0 radical (unpaired) electrons. The minimum absolute atomic E-state index is 0.109. The van der Waals surface area contributed by atoms with Crippen LogP contribution in [0, 0.1) is 0 Å². The zero-order valence-electron chi connectivity index (χ0n) is 19.0. The third-order valence-electron chi connectivity index (χ3n) is 4.91.